The lowest BCUT2D eigenvalue weighted by Crippen LogP contribution is -2.02. The summed E-state index contributed by atoms with van der Waals surface area (Å²) in [6.45, 7) is 2.06. The molecule has 13 heavy (non-hydrogen) atoms. The molecule has 0 atom stereocenters. The molecule has 1 rings (SSSR count). The van der Waals surface area contributed by atoms with Crippen LogP contribution in [0.3, 0.4) is 0 Å². The first-order valence-electron chi connectivity index (χ1n) is 3.87. The molecule has 4 heteroatoms. The normalized spacial score (nSPS) is 11.5. The molecule has 0 amide bonds. The molecule has 0 unspecified atom stereocenters. The van der Waals surface area contributed by atoms with Crippen molar-refractivity contribution in [3.05, 3.63) is 35.4 Å². The zero-order valence-corrected chi connectivity index (χ0v) is 8.47. The van der Waals surface area contributed by atoms with Crippen LogP contribution < -0.4 is 0 Å². The highest BCUT2D eigenvalue weighted by Crippen LogP contribution is 2.06. The van der Waals surface area contributed by atoms with Gasteiger partial charge < -0.3 is 0 Å². The van der Waals surface area contributed by atoms with Gasteiger partial charge in [-0.3, -0.25) is 4.18 Å². The van der Waals surface area contributed by atoms with Crippen molar-refractivity contribution in [2.45, 2.75) is 13.5 Å². The van der Waals surface area contributed by atoms with E-state index in [0.29, 0.717) is 0 Å². The molecule has 1 aromatic carbocycles. The minimum Gasteiger partial charge on any atom is -0.265 e. The first-order valence-corrected chi connectivity index (χ1v) is 5.69. The largest absolute Gasteiger partial charge is 0.265 e. The molecular formula is C9H12O3S. The van der Waals surface area contributed by atoms with Crippen molar-refractivity contribution in [2.24, 2.45) is 0 Å². The first kappa shape index (κ1) is 10.2. The van der Waals surface area contributed by atoms with Crippen LogP contribution in [-0.4, -0.2) is 14.7 Å². The highest BCUT2D eigenvalue weighted by molar-refractivity contribution is 7.85. The number of hydrogen-bond acceptors (Lipinski definition) is 3. The molecule has 0 saturated heterocycles. The summed E-state index contributed by atoms with van der Waals surface area (Å²) in [4.78, 5) is 0. The molecule has 72 valence electrons. The van der Waals surface area contributed by atoms with Crippen molar-refractivity contribution < 1.29 is 12.6 Å². The van der Waals surface area contributed by atoms with Gasteiger partial charge in [-0.1, -0.05) is 29.8 Å². The van der Waals surface area contributed by atoms with Crippen LogP contribution in [0.4, 0.5) is 0 Å². The fourth-order valence-corrected chi connectivity index (χ4v) is 1.33. The van der Waals surface area contributed by atoms with E-state index in [1.165, 1.54) is 0 Å². The van der Waals surface area contributed by atoms with Crippen molar-refractivity contribution in [2.75, 3.05) is 6.26 Å². The summed E-state index contributed by atoms with van der Waals surface area (Å²) in [5.41, 5.74) is 1.96. The summed E-state index contributed by atoms with van der Waals surface area (Å²) in [7, 11) is -3.34. The molecule has 3 nitrogen and oxygen atoms in total. The van der Waals surface area contributed by atoms with E-state index in [0.717, 1.165) is 17.4 Å². The van der Waals surface area contributed by atoms with Crippen molar-refractivity contribution in [3.63, 3.8) is 0 Å². The molecule has 0 aliphatic heterocycles. The van der Waals surface area contributed by atoms with E-state index in [4.69, 9.17) is 0 Å². The second kappa shape index (κ2) is 3.89. The van der Waals surface area contributed by atoms with Crippen LogP contribution in [0.25, 0.3) is 0 Å². The van der Waals surface area contributed by atoms with Crippen LogP contribution in [-0.2, 0) is 20.9 Å². The Balaban J connectivity index is 2.65. The third-order valence-electron chi connectivity index (χ3n) is 1.52. The minimum atomic E-state index is -3.34. The lowest BCUT2D eigenvalue weighted by atomic mass is 10.1. The third kappa shape index (κ3) is 4.05. The van der Waals surface area contributed by atoms with Gasteiger partial charge in [0.1, 0.15) is 0 Å². The summed E-state index contributed by atoms with van der Waals surface area (Å²) in [5, 5.41) is 0. The Bertz CT molecular complexity index is 382. The maximum atomic E-state index is 10.7. The Morgan fingerprint density at radius 3 is 2.62 bits per heavy atom. The van der Waals surface area contributed by atoms with Gasteiger partial charge in [-0.05, 0) is 12.5 Å². The average molecular weight is 200 g/mol. The molecule has 0 radical (unpaired) electrons. The molecule has 0 aromatic heterocycles. The number of hydrogen-bond donors (Lipinski definition) is 0. The van der Waals surface area contributed by atoms with E-state index in [9.17, 15) is 8.42 Å². The quantitative estimate of drug-likeness (QED) is 0.694. The Kier molecular flexibility index (Phi) is 3.06. The predicted octanol–water partition coefficient (Wildman–Crippen LogP) is 1.47. The van der Waals surface area contributed by atoms with Gasteiger partial charge in [-0.25, -0.2) is 0 Å². The van der Waals surface area contributed by atoms with Gasteiger partial charge >= 0.3 is 0 Å². The molecule has 0 fully saturated rings. The van der Waals surface area contributed by atoms with Gasteiger partial charge in [0.05, 0.1) is 12.9 Å². The van der Waals surface area contributed by atoms with Crippen LogP contribution >= 0.6 is 0 Å². The third-order valence-corrected chi connectivity index (χ3v) is 2.07. The summed E-state index contributed by atoms with van der Waals surface area (Å²) in [6, 6.07) is 7.55. The lowest BCUT2D eigenvalue weighted by Gasteiger charge is -2.01. The van der Waals surface area contributed by atoms with Crippen LogP contribution in [0.2, 0.25) is 0 Å². The molecule has 0 aliphatic rings. The monoisotopic (exact) mass is 200 g/mol. The van der Waals surface area contributed by atoms with Gasteiger partial charge in [-0.2, -0.15) is 8.42 Å². The second-order valence-electron chi connectivity index (χ2n) is 2.96. The zero-order chi connectivity index (χ0) is 9.90. The standard InChI is InChI=1S/C9H12O3S/c1-8-4-3-5-9(6-8)7-12-13(2,10)11/h3-6H,7H2,1-2H3. The molecule has 0 spiro atoms. The molecule has 0 N–H and O–H groups in total. The number of aryl methyl sites for hydroxylation is 1. The Hall–Kier alpha value is -0.870. The van der Waals surface area contributed by atoms with Crippen LogP contribution in [0.15, 0.2) is 24.3 Å². The van der Waals surface area contributed by atoms with Gasteiger partial charge in [-0.15, -0.1) is 0 Å². The molecule has 0 heterocycles. The van der Waals surface area contributed by atoms with E-state index >= 15 is 0 Å². The van der Waals surface area contributed by atoms with E-state index in [1.807, 2.05) is 31.2 Å². The molecule has 1 aromatic rings. The summed E-state index contributed by atoms with van der Waals surface area (Å²) >= 11 is 0. The lowest BCUT2D eigenvalue weighted by molar-refractivity contribution is 0.311. The number of benzene rings is 1. The summed E-state index contributed by atoms with van der Waals surface area (Å²) in [5.74, 6) is 0. The van der Waals surface area contributed by atoms with Crippen LogP contribution in [0.1, 0.15) is 11.1 Å². The molecular weight excluding hydrogens is 188 g/mol. The van der Waals surface area contributed by atoms with Gasteiger partial charge in [0.2, 0.25) is 0 Å². The minimum absolute atomic E-state index is 0.112. The Labute approximate surface area is 78.5 Å². The van der Waals surface area contributed by atoms with E-state index in [2.05, 4.69) is 4.18 Å². The molecule has 0 saturated carbocycles. The van der Waals surface area contributed by atoms with Crippen molar-refractivity contribution in [1.82, 2.24) is 0 Å². The number of rotatable bonds is 3. The Morgan fingerprint density at radius 2 is 2.08 bits per heavy atom. The van der Waals surface area contributed by atoms with Crippen LogP contribution in [0, 0.1) is 6.92 Å². The highest BCUT2D eigenvalue weighted by atomic mass is 32.2. The molecule has 0 bridgehead atoms. The fraction of sp³-hybridized carbons (Fsp3) is 0.333. The summed E-state index contributed by atoms with van der Waals surface area (Å²) < 4.78 is 26.0. The van der Waals surface area contributed by atoms with Gasteiger partial charge in [0.25, 0.3) is 10.1 Å². The van der Waals surface area contributed by atoms with Gasteiger partial charge in [0.15, 0.2) is 0 Å². The second-order valence-corrected chi connectivity index (χ2v) is 4.60. The smallest absolute Gasteiger partial charge is 0.264 e. The van der Waals surface area contributed by atoms with Crippen molar-refractivity contribution >= 4 is 10.1 Å². The SMILES string of the molecule is Cc1cccc(COS(C)(=O)=O)c1. The summed E-state index contributed by atoms with van der Waals surface area (Å²) in [6.07, 6.45) is 1.04. The van der Waals surface area contributed by atoms with Crippen LogP contribution in [0.5, 0.6) is 0 Å². The zero-order valence-electron chi connectivity index (χ0n) is 7.65. The molecule has 0 aliphatic carbocycles. The highest BCUT2D eigenvalue weighted by Gasteiger charge is 2.01. The predicted molar refractivity (Wildman–Crippen MR) is 50.8 cm³/mol. The fourth-order valence-electron chi connectivity index (χ4n) is 0.977. The van der Waals surface area contributed by atoms with Crippen molar-refractivity contribution in [1.29, 1.82) is 0 Å². The maximum Gasteiger partial charge on any atom is 0.264 e. The topological polar surface area (TPSA) is 43.4 Å². The van der Waals surface area contributed by atoms with Crippen molar-refractivity contribution in [3.8, 4) is 0 Å². The Morgan fingerprint density at radius 1 is 1.38 bits per heavy atom. The van der Waals surface area contributed by atoms with E-state index in [-0.39, 0.29) is 6.61 Å². The van der Waals surface area contributed by atoms with E-state index in [1.54, 1.807) is 0 Å². The maximum absolute atomic E-state index is 10.7. The first-order chi connectivity index (χ1) is 5.97. The average Bonchev–Trinajstić information content (AvgIpc) is 2.00. The van der Waals surface area contributed by atoms with E-state index < -0.39 is 10.1 Å². The van der Waals surface area contributed by atoms with Gasteiger partial charge in [0, 0.05) is 0 Å².